The van der Waals surface area contributed by atoms with Crippen LogP contribution in [0.1, 0.15) is 6.42 Å². The summed E-state index contributed by atoms with van der Waals surface area (Å²) in [5.41, 5.74) is -0.586. The molecule has 0 saturated carbocycles. The third-order valence-corrected chi connectivity index (χ3v) is 2.48. The molecule has 1 fully saturated rings. The minimum Gasteiger partial charge on any atom is -0.325 e. The molecule has 100 valence electrons. The fourth-order valence-corrected chi connectivity index (χ4v) is 1.60. The lowest BCUT2D eigenvalue weighted by Crippen LogP contribution is -2.33. The van der Waals surface area contributed by atoms with Crippen LogP contribution in [0.4, 0.5) is 19.3 Å². The molecule has 1 aliphatic heterocycles. The fraction of sp³-hybridized carbons (Fsp3) is 0.182. The molecule has 1 unspecified atom stereocenters. The van der Waals surface area contributed by atoms with Gasteiger partial charge >= 0.3 is 6.03 Å². The van der Waals surface area contributed by atoms with Crippen molar-refractivity contribution in [3.63, 3.8) is 0 Å². The summed E-state index contributed by atoms with van der Waals surface area (Å²) in [7, 11) is 0. The predicted molar refractivity (Wildman–Crippen MR) is 60.1 cm³/mol. The van der Waals surface area contributed by atoms with Crippen LogP contribution in [0.25, 0.3) is 0 Å². The highest BCUT2D eigenvalue weighted by molar-refractivity contribution is 6.06. The minimum absolute atomic E-state index is 0.411. The molecule has 1 aromatic carbocycles. The molecule has 0 aromatic heterocycles. The molecule has 6 nitrogen and oxygen atoms in total. The lowest BCUT2D eigenvalue weighted by atomic mass is 10.2. The Labute approximate surface area is 106 Å². The lowest BCUT2D eigenvalue weighted by Gasteiger charge is -2.09. The van der Waals surface area contributed by atoms with Crippen LogP contribution in [-0.2, 0) is 9.59 Å². The Morgan fingerprint density at radius 1 is 1.26 bits per heavy atom. The maximum atomic E-state index is 13.3. The van der Waals surface area contributed by atoms with Crippen LogP contribution < -0.4 is 16.0 Å². The number of carbonyl (C=O) groups is 3. The fourth-order valence-electron chi connectivity index (χ4n) is 1.60. The molecule has 1 heterocycles. The second kappa shape index (κ2) is 5.01. The summed E-state index contributed by atoms with van der Waals surface area (Å²) in [4.78, 5) is 33.6. The number of halogens is 2. The number of hydrogen-bond donors (Lipinski definition) is 3. The van der Waals surface area contributed by atoms with Gasteiger partial charge in [-0.05, 0) is 12.1 Å². The zero-order valence-electron chi connectivity index (χ0n) is 9.50. The van der Waals surface area contributed by atoms with Crippen LogP contribution in [0.2, 0.25) is 0 Å². The molecule has 19 heavy (non-hydrogen) atoms. The van der Waals surface area contributed by atoms with Crippen molar-refractivity contribution in [3.05, 3.63) is 29.8 Å². The number of urea groups is 1. The number of hydrogen-bond acceptors (Lipinski definition) is 3. The standard InChI is InChI=1S/C11H9F2N3O3/c12-5-2-1-3-6(13)9(5)15-8(17)4-7-10(18)16-11(19)14-7/h1-3,7H,4H2,(H,15,17)(H2,14,16,18,19). The molecular weight excluding hydrogens is 260 g/mol. The van der Waals surface area contributed by atoms with Gasteiger partial charge in [-0.25, -0.2) is 13.6 Å². The lowest BCUT2D eigenvalue weighted by molar-refractivity contribution is -0.124. The van der Waals surface area contributed by atoms with Gasteiger partial charge in [-0.15, -0.1) is 0 Å². The van der Waals surface area contributed by atoms with Gasteiger partial charge in [-0.3, -0.25) is 14.9 Å². The third-order valence-electron chi connectivity index (χ3n) is 2.48. The molecule has 1 saturated heterocycles. The zero-order chi connectivity index (χ0) is 14.0. The van der Waals surface area contributed by atoms with Crippen molar-refractivity contribution in [2.75, 3.05) is 5.32 Å². The molecule has 1 atom stereocenters. The van der Waals surface area contributed by atoms with E-state index in [0.717, 1.165) is 18.2 Å². The summed E-state index contributed by atoms with van der Waals surface area (Å²) in [6, 6.07) is 1.39. The Kier molecular flexibility index (Phi) is 3.41. The smallest absolute Gasteiger partial charge is 0.322 e. The molecule has 3 N–H and O–H groups in total. The third kappa shape index (κ3) is 2.84. The van der Waals surface area contributed by atoms with Gasteiger partial charge in [0.25, 0.3) is 5.91 Å². The van der Waals surface area contributed by atoms with Crippen molar-refractivity contribution in [3.8, 4) is 0 Å². The topological polar surface area (TPSA) is 87.3 Å². The Balaban J connectivity index is 2.02. The molecule has 0 aliphatic carbocycles. The minimum atomic E-state index is -1.04. The van der Waals surface area contributed by atoms with Crippen LogP contribution in [-0.4, -0.2) is 23.9 Å². The number of benzene rings is 1. The first-order chi connectivity index (χ1) is 8.97. The van der Waals surface area contributed by atoms with Gasteiger partial charge in [0.15, 0.2) is 0 Å². The van der Waals surface area contributed by atoms with Crippen molar-refractivity contribution in [1.29, 1.82) is 0 Å². The monoisotopic (exact) mass is 269 g/mol. The van der Waals surface area contributed by atoms with Gasteiger partial charge < -0.3 is 10.6 Å². The summed E-state index contributed by atoms with van der Waals surface area (Å²) >= 11 is 0. The largest absolute Gasteiger partial charge is 0.325 e. The zero-order valence-corrected chi connectivity index (χ0v) is 9.50. The van der Waals surface area contributed by atoms with E-state index in [-0.39, 0.29) is 0 Å². The number of amides is 4. The van der Waals surface area contributed by atoms with Crippen LogP contribution in [0.3, 0.4) is 0 Å². The summed E-state index contributed by atoms with van der Waals surface area (Å²) in [6.07, 6.45) is -0.411. The van der Waals surface area contributed by atoms with Crippen LogP contribution in [0, 0.1) is 11.6 Å². The summed E-state index contributed by atoms with van der Waals surface area (Å²) < 4.78 is 26.5. The highest BCUT2D eigenvalue weighted by Gasteiger charge is 2.31. The van der Waals surface area contributed by atoms with E-state index < -0.39 is 47.6 Å². The highest BCUT2D eigenvalue weighted by Crippen LogP contribution is 2.18. The van der Waals surface area contributed by atoms with E-state index in [0.29, 0.717) is 0 Å². The second-order valence-electron chi connectivity index (χ2n) is 3.86. The van der Waals surface area contributed by atoms with E-state index in [1.165, 1.54) is 0 Å². The number of imide groups is 1. The van der Waals surface area contributed by atoms with E-state index in [2.05, 4.69) is 5.32 Å². The molecule has 1 aliphatic rings. The van der Waals surface area contributed by atoms with Gasteiger partial charge in [0.05, 0.1) is 6.42 Å². The molecule has 1 aromatic rings. The van der Waals surface area contributed by atoms with Gasteiger partial charge in [-0.1, -0.05) is 6.07 Å². The van der Waals surface area contributed by atoms with Crippen molar-refractivity contribution >= 4 is 23.5 Å². The van der Waals surface area contributed by atoms with E-state index in [1.807, 2.05) is 10.6 Å². The van der Waals surface area contributed by atoms with Crippen LogP contribution in [0.15, 0.2) is 18.2 Å². The van der Waals surface area contributed by atoms with E-state index in [9.17, 15) is 23.2 Å². The maximum absolute atomic E-state index is 13.3. The highest BCUT2D eigenvalue weighted by atomic mass is 19.1. The number of carbonyl (C=O) groups excluding carboxylic acids is 3. The first-order valence-corrected chi connectivity index (χ1v) is 5.32. The summed E-state index contributed by atoms with van der Waals surface area (Å²) in [5.74, 6) is -3.29. The molecule has 0 bridgehead atoms. The average Bonchev–Trinajstić information content (AvgIpc) is 2.63. The summed E-state index contributed by atoms with van der Waals surface area (Å²) in [6.45, 7) is 0. The normalized spacial score (nSPS) is 17.9. The Morgan fingerprint density at radius 3 is 2.42 bits per heavy atom. The number of anilines is 1. The van der Waals surface area contributed by atoms with E-state index >= 15 is 0 Å². The van der Waals surface area contributed by atoms with Crippen molar-refractivity contribution in [2.45, 2.75) is 12.5 Å². The molecule has 8 heteroatoms. The first-order valence-electron chi connectivity index (χ1n) is 5.32. The molecule has 2 rings (SSSR count). The molecular formula is C11H9F2N3O3. The van der Waals surface area contributed by atoms with Crippen molar-refractivity contribution in [2.24, 2.45) is 0 Å². The SMILES string of the molecule is O=C(CC1NC(=O)NC1=O)Nc1c(F)cccc1F. The Morgan fingerprint density at radius 2 is 1.89 bits per heavy atom. The van der Waals surface area contributed by atoms with Gasteiger partial charge in [0, 0.05) is 0 Å². The van der Waals surface area contributed by atoms with Crippen LogP contribution in [0.5, 0.6) is 0 Å². The van der Waals surface area contributed by atoms with Crippen molar-refractivity contribution < 1.29 is 23.2 Å². The molecule has 4 amide bonds. The first kappa shape index (κ1) is 12.9. The predicted octanol–water partition coefficient (Wildman–Crippen LogP) is 0.501. The summed E-state index contributed by atoms with van der Waals surface area (Å²) in [5, 5.41) is 6.16. The van der Waals surface area contributed by atoms with Gasteiger partial charge in [-0.2, -0.15) is 0 Å². The molecule has 0 spiro atoms. The van der Waals surface area contributed by atoms with Crippen LogP contribution >= 0.6 is 0 Å². The molecule has 0 radical (unpaired) electrons. The quantitative estimate of drug-likeness (QED) is 0.698. The van der Waals surface area contributed by atoms with Crippen molar-refractivity contribution in [1.82, 2.24) is 10.6 Å². The van der Waals surface area contributed by atoms with E-state index in [1.54, 1.807) is 0 Å². The average molecular weight is 269 g/mol. The Hall–Kier alpha value is -2.51. The van der Waals surface area contributed by atoms with Gasteiger partial charge in [0.2, 0.25) is 5.91 Å². The number of para-hydroxylation sites is 1. The van der Waals surface area contributed by atoms with E-state index in [4.69, 9.17) is 0 Å². The number of nitrogens with one attached hydrogen (secondary N) is 3. The Bertz CT molecular complexity index is 542. The maximum Gasteiger partial charge on any atom is 0.322 e. The van der Waals surface area contributed by atoms with Gasteiger partial charge in [0.1, 0.15) is 23.4 Å². The number of rotatable bonds is 3. The second-order valence-corrected chi connectivity index (χ2v) is 3.86.